The van der Waals surface area contributed by atoms with Crippen LogP contribution in [0.4, 0.5) is 0 Å². The molecule has 0 atom stereocenters. The molecule has 0 unspecified atom stereocenters. The van der Waals surface area contributed by atoms with E-state index in [-0.39, 0.29) is 5.12 Å². The Kier molecular flexibility index (Phi) is 4.22. The van der Waals surface area contributed by atoms with Crippen LogP contribution in [0.15, 0.2) is 11.8 Å². The highest BCUT2D eigenvalue weighted by Crippen LogP contribution is 2.01. The first-order valence-electron chi connectivity index (χ1n) is 2.77. The van der Waals surface area contributed by atoms with Gasteiger partial charge in [0.1, 0.15) is 0 Å². The summed E-state index contributed by atoms with van der Waals surface area (Å²) in [6.45, 7) is 3.64. The summed E-state index contributed by atoms with van der Waals surface area (Å²) < 4.78 is 0. The highest BCUT2D eigenvalue weighted by Gasteiger charge is 1.93. The van der Waals surface area contributed by atoms with Gasteiger partial charge in [0, 0.05) is 11.8 Å². The number of hydrogen-bond acceptors (Lipinski definition) is 3. The Morgan fingerprint density at radius 3 is 2.67 bits per heavy atom. The van der Waals surface area contributed by atoms with Crippen LogP contribution in [-0.2, 0) is 4.79 Å². The lowest BCUT2D eigenvalue weighted by molar-refractivity contribution is -0.107. The van der Waals surface area contributed by atoms with Crippen molar-refractivity contribution < 1.29 is 4.79 Å². The maximum Gasteiger partial charge on any atom is 0.213 e. The van der Waals surface area contributed by atoms with Gasteiger partial charge in [-0.2, -0.15) is 0 Å². The first-order valence-corrected chi connectivity index (χ1v) is 3.76. The van der Waals surface area contributed by atoms with E-state index >= 15 is 0 Å². The second kappa shape index (κ2) is 4.44. The molecule has 0 fully saturated rings. The second-order valence-electron chi connectivity index (χ2n) is 1.64. The number of hydrogen-bond donors (Lipinski definition) is 1. The lowest BCUT2D eigenvalue weighted by Crippen LogP contribution is -1.95. The zero-order chi connectivity index (χ0) is 7.28. The molecule has 0 bridgehead atoms. The van der Waals surface area contributed by atoms with E-state index in [0.717, 1.165) is 5.75 Å². The van der Waals surface area contributed by atoms with Crippen LogP contribution in [0.25, 0.3) is 0 Å². The van der Waals surface area contributed by atoms with E-state index < -0.39 is 0 Å². The van der Waals surface area contributed by atoms with Crippen molar-refractivity contribution in [3.8, 4) is 0 Å². The molecule has 0 saturated heterocycles. The van der Waals surface area contributed by atoms with Gasteiger partial charge in [-0.1, -0.05) is 18.7 Å². The molecule has 3 heteroatoms. The smallest absolute Gasteiger partial charge is 0.213 e. The molecule has 0 aromatic rings. The third-order valence-electron chi connectivity index (χ3n) is 0.632. The largest absolute Gasteiger partial charge is 0.402 e. The average Bonchev–Trinajstić information content (AvgIpc) is 1.63. The highest BCUT2D eigenvalue weighted by molar-refractivity contribution is 8.14. The van der Waals surface area contributed by atoms with Crippen molar-refractivity contribution in [1.82, 2.24) is 0 Å². The van der Waals surface area contributed by atoms with Gasteiger partial charge in [0.15, 0.2) is 0 Å². The standard InChI is InChI=1S/C6H11NOS/c1-3-9-6(8)4-5(2)7/h4H,3,7H2,1-2H3/b5-4+. The third kappa shape index (κ3) is 5.43. The van der Waals surface area contributed by atoms with Gasteiger partial charge in [0.25, 0.3) is 0 Å². The first kappa shape index (κ1) is 8.56. The van der Waals surface area contributed by atoms with Gasteiger partial charge in [-0.3, -0.25) is 4.79 Å². The van der Waals surface area contributed by atoms with Crippen molar-refractivity contribution in [3.05, 3.63) is 11.8 Å². The number of allylic oxidation sites excluding steroid dienone is 1. The number of carbonyl (C=O) groups is 1. The van der Waals surface area contributed by atoms with Gasteiger partial charge in [-0.25, -0.2) is 0 Å². The summed E-state index contributed by atoms with van der Waals surface area (Å²) in [5.41, 5.74) is 5.82. The topological polar surface area (TPSA) is 43.1 Å². The van der Waals surface area contributed by atoms with Gasteiger partial charge in [-0.15, -0.1) is 0 Å². The van der Waals surface area contributed by atoms with Crippen LogP contribution in [-0.4, -0.2) is 10.9 Å². The van der Waals surface area contributed by atoms with E-state index in [1.54, 1.807) is 6.92 Å². The molecule has 0 aromatic carbocycles. The molecule has 0 aliphatic heterocycles. The predicted molar refractivity (Wildman–Crippen MR) is 41.1 cm³/mol. The SMILES string of the molecule is CCSC(=O)/C=C(\C)N. The van der Waals surface area contributed by atoms with Crippen molar-refractivity contribution >= 4 is 16.9 Å². The Balaban J connectivity index is 3.63. The van der Waals surface area contributed by atoms with E-state index in [1.807, 2.05) is 6.92 Å². The second-order valence-corrected chi connectivity index (χ2v) is 2.91. The molecular formula is C6H11NOS. The Morgan fingerprint density at radius 1 is 1.78 bits per heavy atom. The predicted octanol–water partition coefficient (Wildman–Crippen LogP) is 1.13. The molecule has 0 spiro atoms. The number of thioether (sulfide) groups is 1. The van der Waals surface area contributed by atoms with E-state index in [9.17, 15) is 4.79 Å². The molecule has 9 heavy (non-hydrogen) atoms. The molecule has 0 aliphatic rings. The molecular weight excluding hydrogens is 134 g/mol. The van der Waals surface area contributed by atoms with E-state index in [2.05, 4.69) is 0 Å². The molecule has 0 aromatic heterocycles. The lowest BCUT2D eigenvalue weighted by Gasteiger charge is -1.89. The molecule has 2 N–H and O–H groups in total. The van der Waals surface area contributed by atoms with E-state index in [0.29, 0.717) is 5.70 Å². The maximum atomic E-state index is 10.7. The minimum Gasteiger partial charge on any atom is -0.402 e. The maximum absolute atomic E-state index is 10.7. The van der Waals surface area contributed by atoms with Gasteiger partial charge in [0.2, 0.25) is 5.12 Å². The summed E-state index contributed by atoms with van der Waals surface area (Å²) in [5, 5.41) is 0.0394. The van der Waals surface area contributed by atoms with Crippen molar-refractivity contribution in [2.24, 2.45) is 5.73 Å². The van der Waals surface area contributed by atoms with Crippen LogP contribution >= 0.6 is 11.8 Å². The zero-order valence-corrected chi connectivity index (χ0v) is 6.49. The number of rotatable bonds is 2. The zero-order valence-electron chi connectivity index (χ0n) is 5.68. The summed E-state index contributed by atoms with van der Waals surface area (Å²) in [7, 11) is 0. The summed E-state index contributed by atoms with van der Waals surface area (Å²) >= 11 is 1.26. The third-order valence-corrected chi connectivity index (χ3v) is 1.32. The fourth-order valence-electron chi connectivity index (χ4n) is 0.370. The van der Waals surface area contributed by atoms with Gasteiger partial charge in [0.05, 0.1) is 0 Å². The van der Waals surface area contributed by atoms with Gasteiger partial charge in [-0.05, 0) is 12.7 Å². The molecule has 0 aliphatic carbocycles. The molecule has 2 nitrogen and oxygen atoms in total. The molecule has 0 heterocycles. The van der Waals surface area contributed by atoms with Crippen molar-refractivity contribution in [2.75, 3.05) is 5.75 Å². The first-order chi connectivity index (χ1) is 4.16. The Bertz CT molecular complexity index is 127. The molecule has 0 saturated carbocycles. The van der Waals surface area contributed by atoms with Crippen LogP contribution in [0.5, 0.6) is 0 Å². The summed E-state index contributed by atoms with van der Waals surface area (Å²) in [5.74, 6) is 0.808. The van der Waals surface area contributed by atoms with Crippen LogP contribution in [0.2, 0.25) is 0 Å². The minimum absolute atomic E-state index is 0.0394. The quantitative estimate of drug-likeness (QED) is 0.592. The Labute approximate surface area is 59.5 Å². The normalized spacial score (nSPS) is 11.6. The van der Waals surface area contributed by atoms with Gasteiger partial charge >= 0.3 is 0 Å². The van der Waals surface area contributed by atoms with Crippen LogP contribution in [0.3, 0.4) is 0 Å². The van der Waals surface area contributed by atoms with Crippen LogP contribution in [0.1, 0.15) is 13.8 Å². The van der Waals surface area contributed by atoms with Crippen molar-refractivity contribution in [1.29, 1.82) is 0 Å². The fourth-order valence-corrected chi connectivity index (χ4v) is 0.924. The van der Waals surface area contributed by atoms with Crippen LogP contribution in [0, 0.1) is 0 Å². The van der Waals surface area contributed by atoms with Crippen LogP contribution < -0.4 is 5.73 Å². The number of carbonyl (C=O) groups excluding carboxylic acids is 1. The summed E-state index contributed by atoms with van der Waals surface area (Å²) in [4.78, 5) is 10.7. The minimum atomic E-state index is 0.0394. The average molecular weight is 145 g/mol. The van der Waals surface area contributed by atoms with E-state index in [4.69, 9.17) is 5.73 Å². The van der Waals surface area contributed by atoms with Crippen molar-refractivity contribution in [2.45, 2.75) is 13.8 Å². The number of nitrogens with two attached hydrogens (primary N) is 1. The van der Waals surface area contributed by atoms with Crippen molar-refractivity contribution in [3.63, 3.8) is 0 Å². The monoisotopic (exact) mass is 145 g/mol. The Morgan fingerprint density at radius 2 is 2.33 bits per heavy atom. The molecule has 0 amide bonds. The highest BCUT2D eigenvalue weighted by atomic mass is 32.2. The van der Waals surface area contributed by atoms with Gasteiger partial charge < -0.3 is 5.73 Å². The summed E-state index contributed by atoms with van der Waals surface area (Å²) in [6.07, 6.45) is 1.44. The van der Waals surface area contributed by atoms with E-state index in [1.165, 1.54) is 17.8 Å². The molecule has 0 rings (SSSR count). The lowest BCUT2D eigenvalue weighted by atomic mass is 10.5. The summed E-state index contributed by atoms with van der Waals surface area (Å²) in [6, 6.07) is 0. The fraction of sp³-hybridized carbons (Fsp3) is 0.500. The molecule has 52 valence electrons. The molecule has 0 radical (unpaired) electrons. The Hall–Kier alpha value is -0.440.